The summed E-state index contributed by atoms with van der Waals surface area (Å²) in [5.41, 5.74) is 5.19. The van der Waals surface area contributed by atoms with Gasteiger partial charge in [-0.1, -0.05) is 0 Å². The highest BCUT2D eigenvalue weighted by molar-refractivity contribution is 5.98. The Morgan fingerprint density at radius 1 is 1.16 bits per heavy atom. The molecular weight excluding hydrogens is 390 g/mol. The third kappa shape index (κ3) is 3.45. The third-order valence-electron chi connectivity index (χ3n) is 5.70. The van der Waals surface area contributed by atoms with Crippen LogP contribution in [0.5, 0.6) is 0 Å². The van der Waals surface area contributed by atoms with Crippen LogP contribution in [-0.2, 0) is 0 Å². The minimum Gasteiger partial charge on any atom is -0.368 e. The number of anilines is 3. The first-order chi connectivity index (χ1) is 14.9. The van der Waals surface area contributed by atoms with Crippen LogP contribution in [0.2, 0.25) is 0 Å². The molecule has 0 aliphatic carbocycles. The van der Waals surface area contributed by atoms with Crippen LogP contribution < -0.4 is 15.5 Å². The Balaban J connectivity index is 1.52. The average molecular weight is 416 g/mol. The second-order valence-corrected chi connectivity index (χ2v) is 8.43. The maximum absolute atomic E-state index is 9.87. The van der Waals surface area contributed by atoms with Crippen molar-refractivity contribution in [3.8, 4) is 6.07 Å². The summed E-state index contributed by atoms with van der Waals surface area (Å²) in [5, 5.41) is 29.6. The average Bonchev–Trinajstić information content (AvgIpc) is 3.31. The number of H-pyrrole nitrogens is 1. The van der Waals surface area contributed by atoms with Gasteiger partial charge in [0.2, 0.25) is 0 Å². The number of nitrogens with zero attached hydrogens (tertiary/aromatic N) is 6. The van der Waals surface area contributed by atoms with Crippen LogP contribution >= 0.6 is 0 Å². The number of aromatic nitrogens is 5. The molecule has 0 amide bonds. The summed E-state index contributed by atoms with van der Waals surface area (Å²) in [6.07, 6.45) is 1.89. The molecule has 31 heavy (non-hydrogen) atoms. The second kappa shape index (κ2) is 7.25. The lowest BCUT2D eigenvalue weighted by Gasteiger charge is -2.37. The molecule has 9 heteroatoms. The lowest BCUT2D eigenvalue weighted by atomic mass is 10.1. The van der Waals surface area contributed by atoms with E-state index in [4.69, 9.17) is 0 Å². The molecule has 0 bridgehead atoms. The lowest BCUT2D eigenvalue weighted by Crippen LogP contribution is -2.54. The largest absolute Gasteiger partial charge is 0.368 e. The van der Waals surface area contributed by atoms with Gasteiger partial charge in [-0.25, -0.2) is 4.52 Å². The predicted octanol–water partition coefficient (Wildman–Crippen LogP) is 3.02. The summed E-state index contributed by atoms with van der Waals surface area (Å²) in [6, 6.07) is 9.09. The number of fused-ring (bicyclic) bond motifs is 2. The zero-order chi connectivity index (χ0) is 21.7. The number of nitriles is 1. The number of aryl methyl sites for hydroxylation is 2. The SMILES string of the molecule is Cc1cn2nc(Nc3n[nH]c4cc(N5C[C@@H](C)N[C@@H](C)C5)cc(C#N)c34)cc2c(C)n1. The van der Waals surface area contributed by atoms with Gasteiger partial charge in [-0.3, -0.25) is 10.1 Å². The first-order valence-electron chi connectivity index (χ1n) is 10.4. The summed E-state index contributed by atoms with van der Waals surface area (Å²) in [6.45, 7) is 10.1. The van der Waals surface area contributed by atoms with E-state index >= 15 is 0 Å². The Morgan fingerprint density at radius 3 is 2.68 bits per heavy atom. The van der Waals surface area contributed by atoms with Crippen molar-refractivity contribution in [3.63, 3.8) is 0 Å². The van der Waals surface area contributed by atoms with Crippen LogP contribution in [0.1, 0.15) is 30.8 Å². The van der Waals surface area contributed by atoms with Crippen LogP contribution in [0.3, 0.4) is 0 Å². The Morgan fingerprint density at radius 2 is 1.94 bits per heavy atom. The van der Waals surface area contributed by atoms with E-state index in [1.165, 1.54) is 0 Å². The normalized spacial score (nSPS) is 19.1. The monoisotopic (exact) mass is 415 g/mol. The fourth-order valence-electron chi connectivity index (χ4n) is 4.51. The van der Waals surface area contributed by atoms with Gasteiger partial charge in [-0.05, 0) is 39.8 Å². The van der Waals surface area contributed by atoms with Gasteiger partial charge in [0.15, 0.2) is 11.6 Å². The maximum Gasteiger partial charge on any atom is 0.162 e. The zero-order valence-corrected chi connectivity index (χ0v) is 18.1. The van der Waals surface area contributed by atoms with Gasteiger partial charge in [-0.15, -0.1) is 5.10 Å². The quantitative estimate of drug-likeness (QED) is 0.472. The fourth-order valence-corrected chi connectivity index (χ4v) is 4.51. The van der Waals surface area contributed by atoms with Gasteiger partial charge in [-0.2, -0.15) is 10.4 Å². The molecule has 2 atom stereocenters. The highest BCUT2D eigenvalue weighted by atomic mass is 15.3. The molecule has 3 aromatic heterocycles. The number of hydrogen-bond donors (Lipinski definition) is 3. The molecule has 1 saturated heterocycles. The zero-order valence-electron chi connectivity index (χ0n) is 18.1. The summed E-state index contributed by atoms with van der Waals surface area (Å²) in [5.74, 6) is 1.24. The van der Waals surface area contributed by atoms with Crippen molar-refractivity contribution in [2.24, 2.45) is 0 Å². The number of rotatable bonds is 3. The number of nitrogens with one attached hydrogen (secondary N) is 3. The predicted molar refractivity (Wildman–Crippen MR) is 121 cm³/mol. The van der Waals surface area contributed by atoms with E-state index in [-0.39, 0.29) is 0 Å². The second-order valence-electron chi connectivity index (χ2n) is 8.43. The Bertz CT molecular complexity index is 1320. The van der Waals surface area contributed by atoms with Gasteiger partial charge in [0.05, 0.1) is 39.6 Å². The van der Waals surface area contributed by atoms with Crippen LogP contribution in [0.4, 0.5) is 17.3 Å². The van der Waals surface area contributed by atoms with E-state index in [9.17, 15) is 5.26 Å². The van der Waals surface area contributed by atoms with Gasteiger partial charge in [0, 0.05) is 36.9 Å². The number of piperazine rings is 1. The third-order valence-corrected chi connectivity index (χ3v) is 5.70. The molecule has 5 rings (SSSR count). The summed E-state index contributed by atoms with van der Waals surface area (Å²) in [7, 11) is 0. The van der Waals surface area contributed by atoms with Crippen molar-refractivity contribution in [3.05, 3.63) is 41.3 Å². The molecule has 0 unspecified atom stereocenters. The van der Waals surface area contributed by atoms with E-state index in [0.29, 0.717) is 29.3 Å². The van der Waals surface area contributed by atoms with Crippen molar-refractivity contribution in [1.82, 2.24) is 30.1 Å². The molecule has 158 valence electrons. The van der Waals surface area contributed by atoms with E-state index in [1.807, 2.05) is 36.7 Å². The van der Waals surface area contributed by atoms with Crippen LogP contribution in [0.25, 0.3) is 16.4 Å². The van der Waals surface area contributed by atoms with Crippen LogP contribution in [0.15, 0.2) is 24.4 Å². The summed E-state index contributed by atoms with van der Waals surface area (Å²) >= 11 is 0. The van der Waals surface area contributed by atoms with Crippen molar-refractivity contribution in [1.29, 1.82) is 5.26 Å². The first-order valence-corrected chi connectivity index (χ1v) is 10.4. The van der Waals surface area contributed by atoms with Crippen molar-refractivity contribution < 1.29 is 0 Å². The summed E-state index contributed by atoms with van der Waals surface area (Å²) in [4.78, 5) is 6.81. The van der Waals surface area contributed by atoms with Crippen LogP contribution in [-0.4, -0.2) is 50.0 Å². The van der Waals surface area contributed by atoms with Crippen molar-refractivity contribution in [2.45, 2.75) is 39.8 Å². The smallest absolute Gasteiger partial charge is 0.162 e. The Kier molecular flexibility index (Phi) is 4.52. The molecule has 1 aliphatic heterocycles. The van der Waals surface area contributed by atoms with Gasteiger partial charge in [0.25, 0.3) is 0 Å². The molecule has 0 radical (unpaired) electrons. The highest BCUT2D eigenvalue weighted by Gasteiger charge is 2.23. The molecule has 4 aromatic rings. The van der Waals surface area contributed by atoms with E-state index in [0.717, 1.165) is 46.6 Å². The molecule has 4 heterocycles. The van der Waals surface area contributed by atoms with Gasteiger partial charge >= 0.3 is 0 Å². The molecule has 1 aromatic carbocycles. The standard InChI is InChI=1S/C22H25N9/c1-12-9-30(10-13(2)24-12)17-5-16(8-23)21-18(6-17)27-28-22(21)26-20-7-19-15(4)25-14(3)11-31(19)29-20/h5-7,11-13,24H,9-10H2,1-4H3,(H2,26,27,28,29)/t12-,13+. The molecule has 3 N–H and O–H groups in total. The minimum atomic E-state index is 0.389. The molecule has 1 aliphatic rings. The molecule has 0 spiro atoms. The van der Waals surface area contributed by atoms with Crippen molar-refractivity contribution >= 4 is 33.7 Å². The lowest BCUT2D eigenvalue weighted by molar-refractivity contribution is 0.407. The number of aromatic amines is 1. The van der Waals surface area contributed by atoms with Gasteiger partial charge < -0.3 is 15.5 Å². The van der Waals surface area contributed by atoms with Gasteiger partial charge in [0.1, 0.15) is 6.07 Å². The summed E-state index contributed by atoms with van der Waals surface area (Å²) < 4.78 is 1.81. The van der Waals surface area contributed by atoms with Crippen LogP contribution in [0, 0.1) is 25.2 Å². The number of benzene rings is 1. The Hall–Kier alpha value is -3.64. The van der Waals surface area contributed by atoms with Crippen molar-refractivity contribution in [2.75, 3.05) is 23.3 Å². The fraction of sp³-hybridized carbons (Fsp3) is 0.364. The molecular formula is C22H25N9. The number of hydrogen-bond acceptors (Lipinski definition) is 7. The first kappa shape index (κ1) is 19.3. The van der Waals surface area contributed by atoms with E-state index in [1.54, 1.807) is 0 Å². The Labute approximate surface area is 180 Å². The highest BCUT2D eigenvalue weighted by Crippen LogP contribution is 2.32. The topological polar surface area (TPSA) is 110 Å². The minimum absolute atomic E-state index is 0.389. The van der Waals surface area contributed by atoms with E-state index < -0.39 is 0 Å². The molecule has 0 saturated carbocycles. The van der Waals surface area contributed by atoms with E-state index in [2.05, 4.69) is 61.8 Å². The maximum atomic E-state index is 9.87. The molecule has 1 fully saturated rings. The molecule has 9 nitrogen and oxygen atoms in total.